The second kappa shape index (κ2) is 16.1. The molecule has 0 saturated carbocycles. The Kier molecular flexibility index (Phi) is 30.0. The van der Waals surface area contributed by atoms with Crippen molar-refractivity contribution in [2.75, 3.05) is 0 Å². The first-order chi connectivity index (χ1) is 3.41. The lowest BCUT2D eigenvalue weighted by Crippen LogP contribution is -1.84. The second-order valence-electron chi connectivity index (χ2n) is 2.06. The van der Waals surface area contributed by atoms with E-state index in [1.807, 2.05) is 0 Å². The Hall–Kier alpha value is 1.30. The molecule has 58 valence electrons. The summed E-state index contributed by atoms with van der Waals surface area (Å²) in [6, 6.07) is 0. The lowest BCUT2D eigenvalue weighted by atomic mass is 10.6. The Morgan fingerprint density at radius 3 is 1.56 bits per heavy atom. The molecule has 0 spiro atoms. The molecule has 0 N–H and O–H groups in total. The van der Waals surface area contributed by atoms with Gasteiger partial charge in [-0.25, -0.2) is 0 Å². The topological polar surface area (TPSA) is 0 Å². The predicted octanol–water partition coefficient (Wildman–Crippen LogP) is 3.08. The Labute approximate surface area is 81.7 Å². The summed E-state index contributed by atoms with van der Waals surface area (Å²) < 4.78 is 0. The SMILES string of the molecule is Br.CC[CH2][AlH][CH2]CC.Cl. The van der Waals surface area contributed by atoms with E-state index in [1.54, 1.807) is 10.6 Å². The summed E-state index contributed by atoms with van der Waals surface area (Å²) in [4.78, 5) is 0. The summed E-state index contributed by atoms with van der Waals surface area (Å²) in [6.45, 7) is 4.56. The monoisotopic (exact) mass is 230 g/mol. The van der Waals surface area contributed by atoms with Crippen molar-refractivity contribution in [1.29, 1.82) is 0 Å². The van der Waals surface area contributed by atoms with Gasteiger partial charge in [-0.2, -0.15) is 0 Å². The Morgan fingerprint density at radius 2 is 1.33 bits per heavy atom. The van der Waals surface area contributed by atoms with Gasteiger partial charge in [-0.3, -0.25) is 0 Å². The number of rotatable bonds is 4. The minimum Gasteiger partial charge on any atom is -0.147 e. The molecule has 0 aromatic carbocycles. The van der Waals surface area contributed by atoms with E-state index in [1.165, 1.54) is 12.8 Å². The molecule has 0 bridgehead atoms. The van der Waals surface area contributed by atoms with Gasteiger partial charge in [0.05, 0.1) is 0 Å². The van der Waals surface area contributed by atoms with E-state index in [0.29, 0.717) is 15.2 Å². The molecular weight excluding hydrogens is 214 g/mol. The third kappa shape index (κ3) is 17.6. The quantitative estimate of drug-likeness (QED) is 0.515. The van der Waals surface area contributed by atoms with Crippen LogP contribution in [0.2, 0.25) is 10.6 Å². The maximum Gasteiger partial charge on any atom is 0.236 e. The molecule has 0 aliphatic carbocycles. The van der Waals surface area contributed by atoms with E-state index in [-0.39, 0.29) is 29.4 Å². The Morgan fingerprint density at radius 1 is 1.00 bits per heavy atom. The molecule has 0 aliphatic heterocycles. The molecule has 0 saturated heterocycles. The van der Waals surface area contributed by atoms with Crippen LogP contribution in [0.4, 0.5) is 0 Å². The molecule has 0 rings (SSSR count). The average Bonchev–Trinajstić information content (AvgIpc) is 1.69. The van der Waals surface area contributed by atoms with Crippen LogP contribution in [0, 0.1) is 0 Å². The normalized spacial score (nSPS) is 6.89. The first-order valence-electron chi connectivity index (χ1n) is 3.41. The smallest absolute Gasteiger partial charge is 0.147 e. The van der Waals surface area contributed by atoms with Crippen LogP contribution in [0.25, 0.3) is 0 Å². The zero-order chi connectivity index (χ0) is 5.54. The molecule has 0 amide bonds. The lowest BCUT2D eigenvalue weighted by molar-refractivity contribution is 1.02. The molecule has 0 nitrogen and oxygen atoms in total. The maximum absolute atomic E-state index is 2.28. The molecule has 9 heavy (non-hydrogen) atoms. The minimum absolute atomic E-state index is 0. The van der Waals surface area contributed by atoms with Crippen LogP contribution in [0.5, 0.6) is 0 Å². The first kappa shape index (κ1) is 16.7. The van der Waals surface area contributed by atoms with Crippen LogP contribution in [0.1, 0.15) is 26.7 Å². The highest BCUT2D eigenvalue weighted by molar-refractivity contribution is 8.93. The van der Waals surface area contributed by atoms with Gasteiger partial charge in [0, 0.05) is 0 Å². The van der Waals surface area contributed by atoms with Crippen molar-refractivity contribution in [3.8, 4) is 0 Å². The summed E-state index contributed by atoms with van der Waals surface area (Å²) in [5.41, 5.74) is 0. The summed E-state index contributed by atoms with van der Waals surface area (Å²) in [5, 5.41) is 3.13. The van der Waals surface area contributed by atoms with Gasteiger partial charge < -0.3 is 0 Å². The van der Waals surface area contributed by atoms with E-state index in [0.717, 1.165) is 0 Å². The molecule has 0 aromatic rings. The van der Waals surface area contributed by atoms with Crippen LogP contribution in [0.15, 0.2) is 0 Å². The Balaban J connectivity index is -0.000000180. The van der Waals surface area contributed by atoms with Crippen LogP contribution in [0.3, 0.4) is 0 Å². The van der Waals surface area contributed by atoms with E-state index < -0.39 is 0 Å². The maximum atomic E-state index is 2.28. The molecular formula is C6H17AlBrCl. The molecule has 0 heterocycles. The van der Waals surface area contributed by atoms with Crippen LogP contribution in [-0.2, 0) is 0 Å². The van der Waals surface area contributed by atoms with Gasteiger partial charge in [0.15, 0.2) is 0 Å². The third-order valence-corrected chi connectivity index (χ3v) is 3.62. The zero-order valence-electron chi connectivity index (χ0n) is 6.35. The van der Waals surface area contributed by atoms with Crippen molar-refractivity contribution in [2.45, 2.75) is 37.3 Å². The summed E-state index contributed by atoms with van der Waals surface area (Å²) >= 11 is 0.411. The number of hydrogen-bond acceptors (Lipinski definition) is 0. The second-order valence-corrected chi connectivity index (χ2v) is 4.18. The molecule has 3 heteroatoms. The van der Waals surface area contributed by atoms with Gasteiger partial charge in [-0.05, 0) is 0 Å². The van der Waals surface area contributed by atoms with Crippen LogP contribution in [-0.4, -0.2) is 15.2 Å². The van der Waals surface area contributed by atoms with Crippen molar-refractivity contribution < 1.29 is 0 Å². The van der Waals surface area contributed by atoms with Gasteiger partial charge in [0.2, 0.25) is 15.2 Å². The first-order valence-corrected chi connectivity index (χ1v) is 5.41. The van der Waals surface area contributed by atoms with Crippen molar-refractivity contribution in [3.05, 3.63) is 0 Å². The average molecular weight is 232 g/mol. The highest BCUT2D eigenvalue weighted by Gasteiger charge is 1.86. The summed E-state index contributed by atoms with van der Waals surface area (Å²) in [7, 11) is 0. The molecule has 0 atom stereocenters. The van der Waals surface area contributed by atoms with E-state index in [4.69, 9.17) is 0 Å². The number of hydrogen-bond donors (Lipinski definition) is 0. The fourth-order valence-electron chi connectivity index (χ4n) is 0.677. The standard InChI is InChI=1S/2C3H7.Al.BrH.ClH.H/c2*1-3-2;;;;/h2*1,3H2,2H3;;2*1H;. The van der Waals surface area contributed by atoms with E-state index in [9.17, 15) is 0 Å². The van der Waals surface area contributed by atoms with Crippen molar-refractivity contribution in [3.63, 3.8) is 0 Å². The molecule has 0 aromatic heterocycles. The van der Waals surface area contributed by atoms with Gasteiger partial charge in [0.1, 0.15) is 0 Å². The third-order valence-electron chi connectivity index (χ3n) is 1.21. The van der Waals surface area contributed by atoms with Crippen LogP contribution >= 0.6 is 29.4 Å². The summed E-state index contributed by atoms with van der Waals surface area (Å²) in [5.74, 6) is 0. The molecule has 0 aliphatic rings. The van der Waals surface area contributed by atoms with Gasteiger partial charge >= 0.3 is 0 Å². The van der Waals surface area contributed by atoms with Crippen molar-refractivity contribution in [2.24, 2.45) is 0 Å². The highest BCUT2D eigenvalue weighted by Crippen LogP contribution is 1.92. The van der Waals surface area contributed by atoms with Gasteiger partial charge in [0.25, 0.3) is 0 Å². The van der Waals surface area contributed by atoms with E-state index >= 15 is 0 Å². The van der Waals surface area contributed by atoms with Crippen molar-refractivity contribution >= 4 is 44.6 Å². The molecule has 0 unspecified atom stereocenters. The van der Waals surface area contributed by atoms with E-state index in [2.05, 4.69) is 13.8 Å². The minimum atomic E-state index is 0. The molecule has 0 radical (unpaired) electrons. The van der Waals surface area contributed by atoms with Gasteiger partial charge in [-0.15, -0.1) is 29.4 Å². The number of halogens is 2. The van der Waals surface area contributed by atoms with Crippen molar-refractivity contribution in [1.82, 2.24) is 0 Å². The Bertz CT molecular complexity index is 32.2. The fourth-order valence-corrected chi connectivity index (χ4v) is 2.03. The molecule has 0 fully saturated rings. The zero-order valence-corrected chi connectivity index (χ0v) is 10.3. The fraction of sp³-hybridized carbons (Fsp3) is 1.00. The largest absolute Gasteiger partial charge is 0.236 e. The van der Waals surface area contributed by atoms with Gasteiger partial charge in [-0.1, -0.05) is 37.3 Å². The predicted molar refractivity (Wildman–Crippen MR) is 54.9 cm³/mol. The lowest BCUT2D eigenvalue weighted by Gasteiger charge is -1.86. The van der Waals surface area contributed by atoms with Crippen LogP contribution < -0.4 is 0 Å². The summed E-state index contributed by atoms with van der Waals surface area (Å²) in [6.07, 6.45) is 2.85. The highest BCUT2D eigenvalue weighted by atomic mass is 79.9.